The van der Waals surface area contributed by atoms with Gasteiger partial charge in [-0.15, -0.1) is 46.7 Å². The predicted octanol–water partition coefficient (Wildman–Crippen LogP) is 3.33. The summed E-state index contributed by atoms with van der Waals surface area (Å²) in [5.41, 5.74) is 0. The molecule has 0 atom stereocenters. The second-order valence-corrected chi connectivity index (χ2v) is 7.85. The molecule has 8 heteroatoms. The average Bonchev–Trinajstić information content (AvgIpc) is 3.31. The number of piperazine rings is 1. The Morgan fingerprint density at radius 2 is 2.12 bits per heavy atom. The second-order valence-electron chi connectivity index (χ2n) is 5.72. The molecule has 1 N–H and O–H groups in total. The maximum Gasteiger partial charge on any atom is 0.193 e. The number of anilines is 1. The van der Waals surface area contributed by atoms with Crippen LogP contribution < -0.4 is 10.2 Å². The van der Waals surface area contributed by atoms with Crippen LogP contribution in [0, 0.1) is 0 Å². The van der Waals surface area contributed by atoms with E-state index in [-0.39, 0.29) is 24.0 Å². The van der Waals surface area contributed by atoms with Crippen molar-refractivity contribution in [2.45, 2.75) is 19.8 Å². The van der Waals surface area contributed by atoms with Crippen molar-refractivity contribution in [3.8, 4) is 0 Å². The van der Waals surface area contributed by atoms with Crippen molar-refractivity contribution < 1.29 is 0 Å². The van der Waals surface area contributed by atoms with Gasteiger partial charge in [-0.2, -0.15) is 0 Å². The molecule has 1 saturated heterocycles. The summed E-state index contributed by atoms with van der Waals surface area (Å²) in [6.45, 7) is 7.17. The summed E-state index contributed by atoms with van der Waals surface area (Å²) < 4.78 is 0. The third-order valence-corrected chi connectivity index (χ3v) is 6.31. The first kappa shape index (κ1) is 20.4. The lowest BCUT2D eigenvalue weighted by Crippen LogP contribution is -2.52. The van der Waals surface area contributed by atoms with Gasteiger partial charge in [-0.1, -0.05) is 6.92 Å². The van der Waals surface area contributed by atoms with Crippen molar-refractivity contribution in [1.82, 2.24) is 15.2 Å². The minimum atomic E-state index is 0. The van der Waals surface area contributed by atoms with Gasteiger partial charge >= 0.3 is 0 Å². The summed E-state index contributed by atoms with van der Waals surface area (Å²) in [5, 5.41) is 8.21. The fraction of sp³-hybridized carbons (Fsp3) is 0.529. The topological polar surface area (TPSA) is 43.8 Å². The predicted molar refractivity (Wildman–Crippen MR) is 120 cm³/mol. The number of halogens is 1. The Hall–Kier alpha value is -0.870. The quantitative estimate of drug-likeness (QED) is 0.396. The lowest BCUT2D eigenvalue weighted by molar-refractivity contribution is 0.374. The molecule has 3 rings (SSSR count). The van der Waals surface area contributed by atoms with E-state index in [4.69, 9.17) is 0 Å². The van der Waals surface area contributed by atoms with E-state index in [0.29, 0.717) is 0 Å². The molecule has 0 aromatic carbocycles. The molecular weight excluding hydrogens is 465 g/mol. The van der Waals surface area contributed by atoms with Crippen LogP contribution in [0.1, 0.15) is 16.8 Å². The molecule has 3 heterocycles. The Kier molecular flexibility index (Phi) is 8.44. The summed E-state index contributed by atoms with van der Waals surface area (Å²) in [4.78, 5) is 15.1. The first-order valence-corrected chi connectivity index (χ1v) is 10.2. The van der Waals surface area contributed by atoms with Gasteiger partial charge in [-0.25, -0.2) is 4.98 Å². The number of thiophene rings is 1. The fourth-order valence-corrected chi connectivity index (χ4v) is 4.48. The average molecular weight is 491 g/mol. The molecule has 2 aromatic heterocycles. The number of aromatic nitrogens is 1. The van der Waals surface area contributed by atoms with Gasteiger partial charge in [-0.05, 0) is 23.9 Å². The van der Waals surface area contributed by atoms with Crippen molar-refractivity contribution in [2.24, 2.45) is 4.99 Å². The largest absolute Gasteiger partial charge is 0.360 e. The van der Waals surface area contributed by atoms with Crippen LogP contribution in [0.15, 0.2) is 28.7 Å². The third kappa shape index (κ3) is 5.55. The summed E-state index contributed by atoms with van der Waals surface area (Å²) in [5.74, 6) is 1.01. The molecule has 0 bridgehead atoms. The lowest BCUT2D eigenvalue weighted by atomic mass is 10.3. The number of rotatable bonds is 5. The molecule has 0 saturated carbocycles. The summed E-state index contributed by atoms with van der Waals surface area (Å²) in [6.07, 6.45) is 4.03. The van der Waals surface area contributed by atoms with Gasteiger partial charge in [0.1, 0.15) is 0 Å². The van der Waals surface area contributed by atoms with Crippen LogP contribution in [-0.2, 0) is 12.8 Å². The van der Waals surface area contributed by atoms with E-state index in [1.54, 1.807) is 0 Å². The van der Waals surface area contributed by atoms with Crippen LogP contribution in [0.4, 0.5) is 5.00 Å². The lowest BCUT2D eigenvalue weighted by Gasteiger charge is -2.37. The van der Waals surface area contributed by atoms with Gasteiger partial charge in [-0.3, -0.25) is 4.99 Å². The Balaban J connectivity index is 0.00000225. The van der Waals surface area contributed by atoms with Crippen LogP contribution in [0.3, 0.4) is 0 Å². The number of hydrogen-bond acceptors (Lipinski definition) is 5. The van der Waals surface area contributed by atoms with Gasteiger partial charge in [0, 0.05) is 57.3 Å². The van der Waals surface area contributed by atoms with E-state index in [2.05, 4.69) is 49.5 Å². The number of nitrogens with zero attached hydrogens (tertiary/aromatic N) is 4. The van der Waals surface area contributed by atoms with E-state index in [1.807, 2.05) is 35.9 Å². The van der Waals surface area contributed by atoms with Crippen LogP contribution in [-0.4, -0.2) is 55.6 Å². The van der Waals surface area contributed by atoms with E-state index < -0.39 is 0 Å². The second kappa shape index (κ2) is 10.3. The molecule has 1 aliphatic heterocycles. The maximum atomic E-state index is 4.48. The summed E-state index contributed by atoms with van der Waals surface area (Å²) in [6, 6.07) is 4.32. The molecule has 0 unspecified atom stereocenters. The van der Waals surface area contributed by atoms with Crippen molar-refractivity contribution in [3.05, 3.63) is 33.6 Å². The van der Waals surface area contributed by atoms with Gasteiger partial charge in [0.05, 0.1) is 10.0 Å². The van der Waals surface area contributed by atoms with Gasteiger partial charge in [0.15, 0.2) is 5.96 Å². The Bertz CT molecular complexity index is 648. The standard InChI is InChI=1S/C17H25N5S2.HI/c1-3-14-13-20-15(24-14)6-7-19-17(18-2)22-10-8-21(9-11-22)16-5-4-12-23-16;/h4-5,12-13H,3,6-11H2,1-2H3,(H,18,19);1H. The third-order valence-electron chi connectivity index (χ3n) is 4.18. The molecule has 0 amide bonds. The molecule has 0 radical (unpaired) electrons. The van der Waals surface area contributed by atoms with Crippen molar-refractivity contribution in [2.75, 3.05) is 44.7 Å². The zero-order valence-electron chi connectivity index (χ0n) is 14.8. The number of guanidine groups is 1. The number of aliphatic imine (C=N–C) groups is 1. The van der Waals surface area contributed by atoms with Crippen LogP contribution in [0.2, 0.25) is 0 Å². The highest BCUT2D eigenvalue weighted by Gasteiger charge is 2.20. The van der Waals surface area contributed by atoms with Crippen molar-refractivity contribution in [1.29, 1.82) is 0 Å². The number of nitrogens with one attached hydrogen (secondary N) is 1. The molecule has 0 spiro atoms. The minimum Gasteiger partial charge on any atom is -0.360 e. The number of aryl methyl sites for hydroxylation is 1. The van der Waals surface area contributed by atoms with Crippen molar-refractivity contribution in [3.63, 3.8) is 0 Å². The first-order chi connectivity index (χ1) is 11.8. The fourth-order valence-electron chi connectivity index (χ4n) is 2.83. The summed E-state index contributed by atoms with van der Waals surface area (Å²) in [7, 11) is 1.87. The smallest absolute Gasteiger partial charge is 0.193 e. The van der Waals surface area contributed by atoms with Crippen molar-refractivity contribution >= 4 is 57.6 Å². The highest BCUT2D eigenvalue weighted by molar-refractivity contribution is 14.0. The molecular formula is C17H26IN5S2. The minimum absolute atomic E-state index is 0. The molecule has 1 fully saturated rings. The van der Waals surface area contributed by atoms with Gasteiger partial charge in [0.25, 0.3) is 0 Å². The maximum absolute atomic E-state index is 4.48. The molecule has 1 aliphatic rings. The van der Waals surface area contributed by atoms with E-state index >= 15 is 0 Å². The SMILES string of the molecule is CCc1cnc(CCNC(=NC)N2CCN(c3cccs3)CC2)s1.I. The Labute approximate surface area is 175 Å². The monoisotopic (exact) mass is 491 g/mol. The van der Waals surface area contributed by atoms with Crippen LogP contribution in [0.5, 0.6) is 0 Å². The van der Waals surface area contributed by atoms with Crippen LogP contribution in [0.25, 0.3) is 0 Å². The number of hydrogen-bond donors (Lipinski definition) is 1. The van der Waals surface area contributed by atoms with Gasteiger partial charge in [0.2, 0.25) is 0 Å². The Morgan fingerprint density at radius 1 is 1.32 bits per heavy atom. The zero-order chi connectivity index (χ0) is 16.8. The summed E-state index contributed by atoms with van der Waals surface area (Å²) >= 11 is 3.63. The first-order valence-electron chi connectivity index (χ1n) is 8.47. The molecule has 138 valence electrons. The van der Waals surface area contributed by atoms with E-state index in [0.717, 1.165) is 51.5 Å². The molecule has 0 aliphatic carbocycles. The molecule has 25 heavy (non-hydrogen) atoms. The number of thiazole rings is 1. The highest BCUT2D eigenvalue weighted by Crippen LogP contribution is 2.22. The molecule has 2 aromatic rings. The highest BCUT2D eigenvalue weighted by atomic mass is 127. The van der Waals surface area contributed by atoms with E-state index in [1.165, 1.54) is 14.9 Å². The van der Waals surface area contributed by atoms with Gasteiger partial charge < -0.3 is 15.1 Å². The van der Waals surface area contributed by atoms with Crippen LogP contribution >= 0.6 is 46.7 Å². The molecule has 5 nitrogen and oxygen atoms in total. The van der Waals surface area contributed by atoms with E-state index in [9.17, 15) is 0 Å². The zero-order valence-corrected chi connectivity index (χ0v) is 18.7. The Morgan fingerprint density at radius 3 is 2.72 bits per heavy atom. The normalized spacial score (nSPS) is 15.2.